The first-order valence-corrected chi connectivity index (χ1v) is 12.5. The summed E-state index contributed by atoms with van der Waals surface area (Å²) < 4.78 is 5.92. The second-order valence-corrected chi connectivity index (χ2v) is 9.90. The highest BCUT2D eigenvalue weighted by atomic mass is 16.5. The molecule has 2 heterocycles. The van der Waals surface area contributed by atoms with Crippen LogP contribution in [0.15, 0.2) is 48.5 Å². The Bertz CT molecular complexity index is 915. The number of anilines is 1. The highest BCUT2D eigenvalue weighted by molar-refractivity contribution is 5.99. The van der Waals surface area contributed by atoms with Crippen molar-refractivity contribution in [1.82, 2.24) is 9.80 Å². The molecular formula is C28H39N3O2. The number of piperidine rings is 1. The first-order valence-electron chi connectivity index (χ1n) is 12.5. The Labute approximate surface area is 199 Å². The normalized spacial score (nSPS) is 19.5. The minimum Gasteiger partial charge on any atom is -0.377 e. The topological polar surface area (TPSA) is 36.0 Å². The molecule has 0 aliphatic carbocycles. The van der Waals surface area contributed by atoms with Gasteiger partial charge in [-0.05, 0) is 74.9 Å². The quantitative estimate of drug-likeness (QED) is 0.590. The van der Waals surface area contributed by atoms with Crippen LogP contribution < -0.4 is 4.90 Å². The van der Waals surface area contributed by atoms with Gasteiger partial charge in [0.2, 0.25) is 0 Å². The lowest BCUT2D eigenvalue weighted by molar-refractivity contribution is 0.0445. The first-order chi connectivity index (χ1) is 16.0. The molecule has 2 aromatic rings. The molecule has 1 amide bonds. The van der Waals surface area contributed by atoms with Crippen LogP contribution in [-0.2, 0) is 11.3 Å². The van der Waals surface area contributed by atoms with Crippen molar-refractivity contribution < 1.29 is 9.53 Å². The van der Waals surface area contributed by atoms with E-state index < -0.39 is 0 Å². The molecule has 2 aromatic carbocycles. The lowest BCUT2D eigenvalue weighted by atomic mass is 9.95. The average molecular weight is 450 g/mol. The number of ether oxygens (including phenoxy) is 1. The average Bonchev–Trinajstić information content (AvgIpc) is 3.34. The predicted octanol–water partition coefficient (Wildman–Crippen LogP) is 4.59. The monoisotopic (exact) mass is 449 g/mol. The Morgan fingerprint density at radius 2 is 1.73 bits per heavy atom. The van der Waals surface area contributed by atoms with Gasteiger partial charge in [-0.2, -0.15) is 0 Å². The summed E-state index contributed by atoms with van der Waals surface area (Å²) in [5.41, 5.74) is 4.56. The van der Waals surface area contributed by atoms with Crippen molar-refractivity contribution in [3.63, 3.8) is 0 Å². The maximum absolute atomic E-state index is 13.7. The van der Waals surface area contributed by atoms with E-state index in [4.69, 9.17) is 4.74 Å². The third-order valence-corrected chi connectivity index (χ3v) is 7.19. The zero-order chi connectivity index (χ0) is 23.2. The summed E-state index contributed by atoms with van der Waals surface area (Å²) in [4.78, 5) is 20.4. The standard InChI is InChI=1S/C28H39N3O2/c1-22-9-4-5-10-24(22)20-30-16-14-23(15-17-30)19-31(21-25-11-8-18-33-25)28(32)26-12-6-7-13-27(26)29(2)3/h4-7,9-10,12-13,23,25H,8,11,14-21H2,1-3H3. The maximum Gasteiger partial charge on any atom is 0.256 e. The Hall–Kier alpha value is -2.37. The molecule has 2 fully saturated rings. The predicted molar refractivity (Wildman–Crippen MR) is 135 cm³/mol. The van der Waals surface area contributed by atoms with E-state index in [-0.39, 0.29) is 12.0 Å². The van der Waals surface area contributed by atoms with Crippen molar-refractivity contribution >= 4 is 11.6 Å². The summed E-state index contributed by atoms with van der Waals surface area (Å²) in [5, 5.41) is 0. The van der Waals surface area contributed by atoms with Crippen LogP contribution in [0.25, 0.3) is 0 Å². The van der Waals surface area contributed by atoms with E-state index in [0.717, 1.165) is 69.7 Å². The van der Waals surface area contributed by atoms with Gasteiger partial charge in [0.25, 0.3) is 5.91 Å². The zero-order valence-electron chi connectivity index (χ0n) is 20.5. The number of hydrogen-bond donors (Lipinski definition) is 0. The van der Waals surface area contributed by atoms with Crippen LogP contribution >= 0.6 is 0 Å². The van der Waals surface area contributed by atoms with Crippen LogP contribution in [0.1, 0.15) is 47.2 Å². The Morgan fingerprint density at radius 3 is 2.42 bits per heavy atom. The molecule has 2 aliphatic rings. The minimum atomic E-state index is 0.136. The molecule has 5 heteroatoms. The van der Waals surface area contributed by atoms with Gasteiger partial charge in [-0.3, -0.25) is 9.69 Å². The smallest absolute Gasteiger partial charge is 0.256 e. The summed E-state index contributed by atoms with van der Waals surface area (Å²) in [5.74, 6) is 0.673. The summed E-state index contributed by atoms with van der Waals surface area (Å²) in [6.45, 7) is 7.74. The zero-order valence-corrected chi connectivity index (χ0v) is 20.5. The van der Waals surface area contributed by atoms with Crippen molar-refractivity contribution in [3.8, 4) is 0 Å². The third kappa shape index (κ3) is 6.15. The molecular weight excluding hydrogens is 410 g/mol. The second kappa shape index (κ2) is 11.2. The van der Waals surface area contributed by atoms with Crippen LogP contribution in [0.5, 0.6) is 0 Å². The van der Waals surface area contributed by atoms with E-state index in [1.165, 1.54) is 11.1 Å². The van der Waals surface area contributed by atoms with Crippen molar-refractivity contribution in [1.29, 1.82) is 0 Å². The van der Waals surface area contributed by atoms with Crippen molar-refractivity contribution in [2.75, 3.05) is 51.8 Å². The number of carbonyl (C=O) groups is 1. The highest BCUT2D eigenvalue weighted by Crippen LogP contribution is 2.26. The van der Waals surface area contributed by atoms with Gasteiger partial charge in [-0.1, -0.05) is 36.4 Å². The number of aryl methyl sites for hydroxylation is 1. The van der Waals surface area contributed by atoms with Gasteiger partial charge in [0, 0.05) is 46.0 Å². The molecule has 0 spiro atoms. The van der Waals surface area contributed by atoms with E-state index >= 15 is 0 Å². The molecule has 2 aliphatic heterocycles. The molecule has 0 bridgehead atoms. The Morgan fingerprint density at radius 1 is 1.00 bits per heavy atom. The first kappa shape index (κ1) is 23.8. The van der Waals surface area contributed by atoms with Gasteiger partial charge < -0.3 is 14.5 Å². The molecule has 2 saturated heterocycles. The molecule has 0 radical (unpaired) electrons. The molecule has 1 atom stereocenters. The number of rotatable bonds is 8. The van der Waals surface area contributed by atoms with Gasteiger partial charge in [-0.25, -0.2) is 0 Å². The third-order valence-electron chi connectivity index (χ3n) is 7.19. The largest absolute Gasteiger partial charge is 0.377 e. The minimum absolute atomic E-state index is 0.136. The molecule has 0 aromatic heterocycles. The molecule has 0 saturated carbocycles. The number of hydrogen-bond acceptors (Lipinski definition) is 4. The van der Waals surface area contributed by atoms with Gasteiger partial charge in [0.05, 0.1) is 11.7 Å². The van der Waals surface area contributed by atoms with Gasteiger partial charge in [0.15, 0.2) is 0 Å². The number of para-hydroxylation sites is 1. The fraction of sp³-hybridized carbons (Fsp3) is 0.536. The van der Waals surface area contributed by atoms with Crippen LogP contribution in [0, 0.1) is 12.8 Å². The van der Waals surface area contributed by atoms with Crippen LogP contribution in [0.2, 0.25) is 0 Å². The molecule has 0 N–H and O–H groups in total. The fourth-order valence-corrected chi connectivity index (χ4v) is 5.16. The number of amides is 1. The fourth-order valence-electron chi connectivity index (χ4n) is 5.16. The van der Waals surface area contributed by atoms with Gasteiger partial charge in [0.1, 0.15) is 0 Å². The molecule has 178 valence electrons. The number of benzene rings is 2. The summed E-state index contributed by atoms with van der Waals surface area (Å²) in [6, 6.07) is 16.6. The van der Waals surface area contributed by atoms with Crippen molar-refractivity contribution in [2.24, 2.45) is 5.92 Å². The molecule has 33 heavy (non-hydrogen) atoms. The lowest BCUT2D eigenvalue weighted by Crippen LogP contribution is -2.43. The van der Waals surface area contributed by atoms with Crippen LogP contribution in [0.4, 0.5) is 5.69 Å². The van der Waals surface area contributed by atoms with E-state index in [9.17, 15) is 4.79 Å². The molecule has 4 rings (SSSR count). The Kier molecular flexibility index (Phi) is 8.05. The van der Waals surface area contributed by atoms with Crippen LogP contribution in [0.3, 0.4) is 0 Å². The summed E-state index contributed by atoms with van der Waals surface area (Å²) in [6.07, 6.45) is 4.58. The van der Waals surface area contributed by atoms with E-state index in [2.05, 4.69) is 41.0 Å². The number of nitrogens with zero attached hydrogens (tertiary/aromatic N) is 3. The molecule has 1 unspecified atom stereocenters. The van der Waals surface area contributed by atoms with Crippen molar-refractivity contribution in [3.05, 3.63) is 65.2 Å². The SMILES string of the molecule is Cc1ccccc1CN1CCC(CN(CC2CCCO2)C(=O)c2ccccc2N(C)C)CC1. The van der Waals surface area contributed by atoms with E-state index in [1.54, 1.807) is 0 Å². The van der Waals surface area contributed by atoms with Gasteiger partial charge in [-0.15, -0.1) is 0 Å². The maximum atomic E-state index is 13.7. The Balaban J connectivity index is 1.41. The van der Waals surface area contributed by atoms with E-state index in [0.29, 0.717) is 12.5 Å². The van der Waals surface area contributed by atoms with Crippen LogP contribution in [-0.4, -0.2) is 68.7 Å². The lowest BCUT2D eigenvalue weighted by Gasteiger charge is -2.36. The summed E-state index contributed by atoms with van der Waals surface area (Å²) >= 11 is 0. The summed E-state index contributed by atoms with van der Waals surface area (Å²) in [7, 11) is 4.00. The highest BCUT2D eigenvalue weighted by Gasteiger charge is 2.29. The number of carbonyl (C=O) groups excluding carboxylic acids is 1. The second-order valence-electron chi connectivity index (χ2n) is 9.90. The molecule has 5 nitrogen and oxygen atoms in total. The van der Waals surface area contributed by atoms with E-state index in [1.807, 2.05) is 43.3 Å². The van der Waals surface area contributed by atoms with Crippen molar-refractivity contribution in [2.45, 2.75) is 45.3 Å². The van der Waals surface area contributed by atoms with Gasteiger partial charge >= 0.3 is 0 Å². The number of likely N-dealkylation sites (tertiary alicyclic amines) is 1.